The van der Waals surface area contributed by atoms with Crippen LogP contribution in [0.1, 0.15) is 58.4 Å². The summed E-state index contributed by atoms with van der Waals surface area (Å²) in [5, 5.41) is 15.5. The molecule has 0 bridgehead atoms. The van der Waals surface area contributed by atoms with Crippen molar-refractivity contribution in [2.45, 2.75) is 59.3 Å². The fourth-order valence-electron chi connectivity index (χ4n) is 2.56. The van der Waals surface area contributed by atoms with Crippen molar-refractivity contribution < 1.29 is 5.11 Å². The summed E-state index contributed by atoms with van der Waals surface area (Å²) in [4.78, 5) is 0. The number of aryl methyl sites for hydroxylation is 1. The molecule has 3 heteroatoms. The van der Waals surface area contributed by atoms with Crippen LogP contribution in [-0.4, -0.2) is 14.9 Å². The normalized spacial score (nSPS) is 12.7. The van der Waals surface area contributed by atoms with Crippen molar-refractivity contribution in [3.63, 3.8) is 0 Å². The Morgan fingerprint density at radius 3 is 2.05 bits per heavy atom. The quantitative estimate of drug-likeness (QED) is 0.839. The second kappa shape index (κ2) is 4.90. The zero-order chi connectivity index (χ0) is 16.0. The number of nitrogens with zero attached hydrogens (tertiary/aromatic N) is 2. The monoisotopic (exact) mass is 286 g/mol. The molecular weight excluding hydrogens is 260 g/mol. The number of hydrogen-bond donors (Lipinski definition) is 1. The summed E-state index contributed by atoms with van der Waals surface area (Å²) in [7, 11) is 0. The molecule has 114 valence electrons. The highest BCUT2D eigenvalue weighted by atomic mass is 16.3. The minimum absolute atomic E-state index is 0.116. The molecule has 0 radical (unpaired) electrons. The summed E-state index contributed by atoms with van der Waals surface area (Å²) in [5.41, 5.74) is 3.65. The average Bonchev–Trinajstić information content (AvgIpc) is 2.66. The largest absolute Gasteiger partial charge is 0.493 e. The second-order valence-corrected chi connectivity index (χ2v) is 7.80. The van der Waals surface area contributed by atoms with Crippen LogP contribution < -0.4 is 0 Å². The van der Waals surface area contributed by atoms with E-state index in [2.05, 4.69) is 41.5 Å². The minimum atomic E-state index is -0.158. The Hall–Kier alpha value is -1.77. The first-order chi connectivity index (χ1) is 9.51. The Balaban J connectivity index is 2.74. The molecule has 21 heavy (non-hydrogen) atoms. The molecule has 2 rings (SSSR count). The third-order valence-corrected chi connectivity index (χ3v) is 3.57. The molecule has 0 aliphatic heterocycles. The van der Waals surface area contributed by atoms with E-state index in [1.54, 1.807) is 4.68 Å². The molecule has 1 N–H and O–H groups in total. The summed E-state index contributed by atoms with van der Waals surface area (Å²) in [6.07, 6.45) is 0. The van der Waals surface area contributed by atoms with Crippen LogP contribution in [0.2, 0.25) is 0 Å². The van der Waals surface area contributed by atoms with Gasteiger partial charge in [0, 0.05) is 11.0 Å². The maximum Gasteiger partial charge on any atom is 0.218 e. The first-order valence-corrected chi connectivity index (χ1v) is 7.42. The molecule has 1 aromatic carbocycles. The van der Waals surface area contributed by atoms with Crippen molar-refractivity contribution in [3.8, 4) is 11.6 Å². The van der Waals surface area contributed by atoms with Crippen molar-refractivity contribution in [2.24, 2.45) is 0 Å². The van der Waals surface area contributed by atoms with Crippen molar-refractivity contribution in [1.29, 1.82) is 0 Å². The summed E-state index contributed by atoms with van der Waals surface area (Å²) in [6, 6.07) is 8.03. The van der Waals surface area contributed by atoms with E-state index in [1.165, 1.54) is 0 Å². The highest BCUT2D eigenvalue weighted by Gasteiger charge is 2.33. The van der Waals surface area contributed by atoms with E-state index in [4.69, 9.17) is 5.10 Å². The van der Waals surface area contributed by atoms with Gasteiger partial charge < -0.3 is 5.11 Å². The molecule has 2 aromatic rings. The highest BCUT2D eigenvalue weighted by molar-refractivity contribution is 5.46. The number of aromatic hydroxyl groups is 1. The van der Waals surface area contributed by atoms with Crippen LogP contribution in [0.3, 0.4) is 0 Å². The van der Waals surface area contributed by atoms with E-state index in [9.17, 15) is 5.11 Å². The van der Waals surface area contributed by atoms with Crippen LogP contribution in [0.5, 0.6) is 5.88 Å². The lowest BCUT2D eigenvalue weighted by atomic mass is 9.79. The third-order valence-electron chi connectivity index (χ3n) is 3.57. The van der Waals surface area contributed by atoms with Gasteiger partial charge in [0.15, 0.2) is 0 Å². The van der Waals surface area contributed by atoms with Crippen molar-refractivity contribution >= 4 is 0 Å². The van der Waals surface area contributed by atoms with Gasteiger partial charge in [-0.05, 0) is 30.0 Å². The average molecular weight is 286 g/mol. The molecule has 1 aromatic heterocycles. The molecule has 1 heterocycles. The van der Waals surface area contributed by atoms with Gasteiger partial charge in [-0.1, -0.05) is 53.7 Å². The highest BCUT2D eigenvalue weighted by Crippen LogP contribution is 2.40. The predicted octanol–water partition coefficient (Wildman–Crippen LogP) is 4.48. The van der Waals surface area contributed by atoms with Gasteiger partial charge >= 0.3 is 0 Å². The fourth-order valence-corrected chi connectivity index (χ4v) is 2.56. The fraction of sp³-hybridized carbons (Fsp3) is 0.500. The molecule has 0 spiro atoms. The summed E-state index contributed by atoms with van der Waals surface area (Å²) >= 11 is 0. The van der Waals surface area contributed by atoms with E-state index in [0.717, 1.165) is 22.5 Å². The Kier molecular flexibility index (Phi) is 3.64. The SMILES string of the molecule is Cc1cccc(-n2nc(C(C)(C)C)c(C(C)(C)C)c2O)c1. The van der Waals surface area contributed by atoms with Gasteiger partial charge in [-0.15, -0.1) is 0 Å². The Morgan fingerprint density at radius 2 is 1.62 bits per heavy atom. The lowest BCUT2D eigenvalue weighted by Crippen LogP contribution is -2.21. The lowest BCUT2D eigenvalue weighted by Gasteiger charge is -2.24. The van der Waals surface area contributed by atoms with Gasteiger partial charge in [0.1, 0.15) is 0 Å². The van der Waals surface area contributed by atoms with Crippen LogP contribution in [0.25, 0.3) is 5.69 Å². The molecular formula is C18H26N2O. The molecule has 3 nitrogen and oxygen atoms in total. The standard InChI is InChI=1S/C18H26N2O/c1-12-9-8-10-13(11-12)20-16(21)14(17(2,3)4)15(19-20)18(5,6)7/h8-11,21H,1-7H3. The molecule has 0 atom stereocenters. The summed E-state index contributed by atoms with van der Waals surface area (Å²) in [6.45, 7) is 14.8. The van der Waals surface area contributed by atoms with Gasteiger partial charge in [0.05, 0.1) is 11.4 Å². The topological polar surface area (TPSA) is 38.0 Å². The second-order valence-electron chi connectivity index (χ2n) is 7.80. The summed E-state index contributed by atoms with van der Waals surface area (Å²) in [5.74, 6) is 0.248. The van der Waals surface area contributed by atoms with Crippen molar-refractivity contribution in [3.05, 3.63) is 41.1 Å². The summed E-state index contributed by atoms with van der Waals surface area (Å²) < 4.78 is 1.66. The van der Waals surface area contributed by atoms with Crippen molar-refractivity contribution in [2.75, 3.05) is 0 Å². The van der Waals surface area contributed by atoms with Crippen LogP contribution in [0.15, 0.2) is 24.3 Å². The molecule has 0 aliphatic carbocycles. The van der Waals surface area contributed by atoms with E-state index < -0.39 is 0 Å². The molecule has 0 aliphatic rings. The lowest BCUT2D eigenvalue weighted by molar-refractivity contribution is 0.413. The zero-order valence-corrected chi connectivity index (χ0v) is 14.2. The van der Waals surface area contributed by atoms with Gasteiger partial charge in [-0.3, -0.25) is 0 Å². The van der Waals surface area contributed by atoms with Crippen LogP contribution in [0.4, 0.5) is 0 Å². The van der Waals surface area contributed by atoms with Gasteiger partial charge in [0.25, 0.3) is 0 Å². The van der Waals surface area contributed by atoms with Crippen LogP contribution in [0, 0.1) is 6.92 Å². The van der Waals surface area contributed by atoms with E-state index in [1.807, 2.05) is 31.2 Å². The van der Waals surface area contributed by atoms with Gasteiger partial charge in [0.2, 0.25) is 5.88 Å². The first-order valence-electron chi connectivity index (χ1n) is 7.42. The van der Waals surface area contributed by atoms with Gasteiger partial charge in [-0.25, -0.2) is 4.68 Å². The van der Waals surface area contributed by atoms with E-state index >= 15 is 0 Å². The molecule has 0 fully saturated rings. The smallest absolute Gasteiger partial charge is 0.218 e. The van der Waals surface area contributed by atoms with Crippen LogP contribution in [-0.2, 0) is 10.8 Å². The van der Waals surface area contributed by atoms with E-state index in [-0.39, 0.29) is 16.7 Å². The maximum absolute atomic E-state index is 10.8. The third kappa shape index (κ3) is 2.97. The number of aromatic nitrogens is 2. The first kappa shape index (κ1) is 15.6. The predicted molar refractivity (Wildman–Crippen MR) is 87.4 cm³/mol. The Morgan fingerprint density at radius 1 is 1.00 bits per heavy atom. The maximum atomic E-state index is 10.8. The minimum Gasteiger partial charge on any atom is -0.493 e. The number of rotatable bonds is 1. The van der Waals surface area contributed by atoms with Gasteiger partial charge in [-0.2, -0.15) is 5.10 Å². The molecule has 0 saturated carbocycles. The molecule has 0 saturated heterocycles. The van der Waals surface area contributed by atoms with Crippen LogP contribution >= 0.6 is 0 Å². The molecule has 0 amide bonds. The number of benzene rings is 1. The Labute approximate surface area is 127 Å². The van der Waals surface area contributed by atoms with E-state index in [0.29, 0.717) is 0 Å². The number of hydrogen-bond acceptors (Lipinski definition) is 2. The molecule has 0 unspecified atom stereocenters. The zero-order valence-electron chi connectivity index (χ0n) is 14.2. The van der Waals surface area contributed by atoms with Crippen molar-refractivity contribution in [1.82, 2.24) is 9.78 Å². The Bertz CT molecular complexity index is 655.